The maximum Gasteiger partial charge on any atom is 0.180 e. The summed E-state index contributed by atoms with van der Waals surface area (Å²) < 4.78 is 1.13. The average Bonchev–Trinajstić information content (AvgIpc) is 3.04. The van der Waals surface area contributed by atoms with Gasteiger partial charge in [-0.25, -0.2) is 4.98 Å². The van der Waals surface area contributed by atoms with E-state index in [9.17, 15) is 0 Å². The lowest BCUT2D eigenvalue weighted by Crippen LogP contribution is -1.91. The Morgan fingerprint density at radius 3 is 2.94 bits per heavy atom. The lowest BCUT2D eigenvalue weighted by molar-refractivity contribution is 1.01. The SMILES string of the molecule is Nc1nc(C2CC2)c(Cc2cccc(Br)c2)s1. The molecule has 0 spiro atoms. The van der Waals surface area contributed by atoms with E-state index in [-0.39, 0.29) is 0 Å². The molecule has 17 heavy (non-hydrogen) atoms. The van der Waals surface area contributed by atoms with Gasteiger partial charge in [0.15, 0.2) is 5.13 Å². The van der Waals surface area contributed by atoms with Gasteiger partial charge >= 0.3 is 0 Å². The molecule has 1 aliphatic rings. The molecule has 0 unspecified atom stereocenters. The van der Waals surface area contributed by atoms with Crippen molar-refractivity contribution in [2.75, 3.05) is 5.73 Å². The molecule has 1 heterocycles. The zero-order chi connectivity index (χ0) is 11.8. The standard InChI is InChI=1S/C13H13BrN2S/c14-10-3-1-2-8(6-10)7-11-12(9-4-5-9)16-13(15)17-11/h1-3,6,9H,4-5,7H2,(H2,15,16). The van der Waals surface area contributed by atoms with Gasteiger partial charge in [-0.1, -0.05) is 28.1 Å². The van der Waals surface area contributed by atoms with Gasteiger partial charge in [-0.15, -0.1) is 11.3 Å². The second-order valence-corrected chi connectivity index (χ2v) is 6.47. The van der Waals surface area contributed by atoms with Gasteiger partial charge in [0.2, 0.25) is 0 Å². The summed E-state index contributed by atoms with van der Waals surface area (Å²) in [5.41, 5.74) is 8.38. The van der Waals surface area contributed by atoms with E-state index in [2.05, 4.69) is 39.1 Å². The van der Waals surface area contributed by atoms with Crippen molar-refractivity contribution in [2.45, 2.75) is 25.2 Å². The molecular formula is C13H13BrN2S. The molecule has 88 valence electrons. The third-order valence-electron chi connectivity index (χ3n) is 2.96. The largest absolute Gasteiger partial charge is 0.375 e. The molecule has 1 aromatic heterocycles. The van der Waals surface area contributed by atoms with Gasteiger partial charge in [0.05, 0.1) is 5.69 Å². The molecule has 0 radical (unpaired) electrons. The summed E-state index contributed by atoms with van der Waals surface area (Å²) in [4.78, 5) is 5.81. The highest BCUT2D eigenvalue weighted by Crippen LogP contribution is 2.43. The molecule has 0 saturated heterocycles. The van der Waals surface area contributed by atoms with Crippen molar-refractivity contribution in [3.8, 4) is 0 Å². The first-order valence-corrected chi connectivity index (χ1v) is 7.33. The quantitative estimate of drug-likeness (QED) is 0.932. The number of benzene rings is 1. The van der Waals surface area contributed by atoms with Crippen LogP contribution in [0.25, 0.3) is 0 Å². The molecule has 2 aromatic rings. The van der Waals surface area contributed by atoms with Crippen molar-refractivity contribution < 1.29 is 0 Å². The molecule has 0 aliphatic heterocycles. The van der Waals surface area contributed by atoms with Gasteiger partial charge in [-0.3, -0.25) is 0 Å². The summed E-state index contributed by atoms with van der Waals surface area (Å²) in [6.45, 7) is 0. The molecule has 1 aromatic carbocycles. The van der Waals surface area contributed by atoms with E-state index in [1.54, 1.807) is 11.3 Å². The minimum Gasteiger partial charge on any atom is -0.375 e. The van der Waals surface area contributed by atoms with Crippen LogP contribution in [0, 0.1) is 0 Å². The summed E-state index contributed by atoms with van der Waals surface area (Å²) in [6.07, 6.45) is 3.49. The molecule has 1 fully saturated rings. The van der Waals surface area contributed by atoms with Crippen molar-refractivity contribution in [1.82, 2.24) is 4.98 Å². The number of hydrogen-bond acceptors (Lipinski definition) is 3. The average molecular weight is 309 g/mol. The van der Waals surface area contributed by atoms with Crippen molar-refractivity contribution in [1.29, 1.82) is 0 Å². The van der Waals surface area contributed by atoms with Crippen LogP contribution in [0.3, 0.4) is 0 Å². The molecule has 1 saturated carbocycles. The maximum absolute atomic E-state index is 5.83. The highest BCUT2D eigenvalue weighted by molar-refractivity contribution is 9.10. The number of anilines is 1. The van der Waals surface area contributed by atoms with Crippen molar-refractivity contribution in [3.05, 3.63) is 44.9 Å². The summed E-state index contributed by atoms with van der Waals surface area (Å²) in [5.74, 6) is 0.672. The van der Waals surface area contributed by atoms with Crippen molar-refractivity contribution in [2.24, 2.45) is 0 Å². The van der Waals surface area contributed by atoms with E-state index in [1.807, 2.05) is 6.07 Å². The first-order valence-electron chi connectivity index (χ1n) is 5.72. The van der Waals surface area contributed by atoms with Gasteiger partial charge in [-0.05, 0) is 30.5 Å². The fourth-order valence-corrected chi connectivity index (χ4v) is 3.42. The summed E-state index contributed by atoms with van der Waals surface area (Å²) in [6, 6.07) is 8.43. The Bertz CT molecular complexity index is 546. The van der Waals surface area contributed by atoms with E-state index in [4.69, 9.17) is 5.73 Å². The zero-order valence-electron chi connectivity index (χ0n) is 9.32. The maximum atomic E-state index is 5.83. The molecule has 0 amide bonds. The van der Waals surface area contributed by atoms with Gasteiger partial charge in [-0.2, -0.15) is 0 Å². The Morgan fingerprint density at radius 2 is 2.24 bits per heavy atom. The van der Waals surface area contributed by atoms with Gasteiger partial charge in [0.25, 0.3) is 0 Å². The van der Waals surface area contributed by atoms with E-state index in [1.165, 1.54) is 29.0 Å². The Morgan fingerprint density at radius 1 is 1.41 bits per heavy atom. The summed E-state index contributed by atoms with van der Waals surface area (Å²) >= 11 is 5.14. The molecule has 2 nitrogen and oxygen atoms in total. The number of hydrogen-bond donors (Lipinski definition) is 1. The Balaban J connectivity index is 1.89. The van der Waals surface area contributed by atoms with Crippen LogP contribution >= 0.6 is 27.3 Å². The number of nitrogen functional groups attached to an aromatic ring is 1. The second kappa shape index (κ2) is 4.42. The van der Waals surface area contributed by atoms with E-state index < -0.39 is 0 Å². The Kier molecular flexibility index (Phi) is 2.92. The fourth-order valence-electron chi connectivity index (χ4n) is 2.02. The minimum atomic E-state index is 0.672. The monoisotopic (exact) mass is 308 g/mol. The van der Waals surface area contributed by atoms with Crippen LogP contribution in [0.1, 0.15) is 34.9 Å². The fraction of sp³-hybridized carbons (Fsp3) is 0.308. The second-order valence-electron chi connectivity index (χ2n) is 4.44. The van der Waals surface area contributed by atoms with Crippen molar-refractivity contribution in [3.63, 3.8) is 0 Å². The smallest absolute Gasteiger partial charge is 0.180 e. The zero-order valence-corrected chi connectivity index (χ0v) is 11.7. The van der Waals surface area contributed by atoms with Crippen LogP contribution in [0.2, 0.25) is 0 Å². The van der Waals surface area contributed by atoms with E-state index >= 15 is 0 Å². The van der Waals surface area contributed by atoms with Crippen LogP contribution in [0.5, 0.6) is 0 Å². The highest BCUT2D eigenvalue weighted by atomic mass is 79.9. The minimum absolute atomic E-state index is 0.672. The third kappa shape index (κ3) is 2.53. The predicted octanol–water partition coefficient (Wildman–Crippen LogP) is 3.96. The summed E-state index contributed by atoms with van der Waals surface area (Å²) in [5, 5.41) is 0.705. The molecule has 0 atom stereocenters. The van der Waals surface area contributed by atoms with Crippen LogP contribution < -0.4 is 5.73 Å². The van der Waals surface area contributed by atoms with E-state index in [0.29, 0.717) is 11.0 Å². The highest BCUT2D eigenvalue weighted by Gasteiger charge is 2.29. The number of nitrogens with two attached hydrogens (primary N) is 1. The number of aromatic nitrogens is 1. The Labute approximate surface area is 113 Å². The molecule has 2 N–H and O–H groups in total. The van der Waals surface area contributed by atoms with Gasteiger partial charge in [0.1, 0.15) is 0 Å². The molecule has 0 bridgehead atoms. The number of halogens is 1. The van der Waals surface area contributed by atoms with Crippen molar-refractivity contribution >= 4 is 32.4 Å². The lowest BCUT2D eigenvalue weighted by atomic mass is 10.1. The molecule has 1 aliphatic carbocycles. The predicted molar refractivity (Wildman–Crippen MR) is 75.4 cm³/mol. The first-order chi connectivity index (χ1) is 8.22. The first kappa shape index (κ1) is 11.2. The number of rotatable bonds is 3. The van der Waals surface area contributed by atoms with Crippen LogP contribution in [-0.2, 0) is 6.42 Å². The molecule has 4 heteroatoms. The van der Waals surface area contributed by atoms with Crippen LogP contribution in [0.15, 0.2) is 28.7 Å². The third-order valence-corrected chi connectivity index (χ3v) is 4.36. The Hall–Kier alpha value is -0.870. The number of thiazole rings is 1. The number of nitrogens with zero attached hydrogens (tertiary/aromatic N) is 1. The molecule has 3 rings (SSSR count). The van der Waals surface area contributed by atoms with Gasteiger partial charge < -0.3 is 5.73 Å². The lowest BCUT2D eigenvalue weighted by Gasteiger charge is -2.02. The normalized spacial score (nSPS) is 15.1. The van der Waals surface area contributed by atoms with Gasteiger partial charge in [0, 0.05) is 21.7 Å². The van der Waals surface area contributed by atoms with Crippen LogP contribution in [0.4, 0.5) is 5.13 Å². The molecular weight excluding hydrogens is 296 g/mol. The van der Waals surface area contributed by atoms with Crippen LogP contribution in [-0.4, -0.2) is 4.98 Å². The van der Waals surface area contributed by atoms with E-state index in [0.717, 1.165) is 10.9 Å². The summed E-state index contributed by atoms with van der Waals surface area (Å²) in [7, 11) is 0. The topological polar surface area (TPSA) is 38.9 Å².